The molecule has 0 aromatic heterocycles. The largest absolute Gasteiger partial charge is 0.506 e. The van der Waals surface area contributed by atoms with E-state index in [9.17, 15) is 19.8 Å². The van der Waals surface area contributed by atoms with Crippen LogP contribution in [-0.4, -0.2) is 43.5 Å². The van der Waals surface area contributed by atoms with Gasteiger partial charge in [0.1, 0.15) is 5.75 Å². The molecule has 0 aliphatic heterocycles. The molecular formula is C25H36N2O5Si. The molecule has 0 heterocycles. The topological polar surface area (TPSA) is 108 Å². The highest BCUT2D eigenvalue weighted by Crippen LogP contribution is 2.40. The fourth-order valence-electron chi connectivity index (χ4n) is 3.26. The van der Waals surface area contributed by atoms with Gasteiger partial charge in [0.05, 0.1) is 17.4 Å². The summed E-state index contributed by atoms with van der Waals surface area (Å²) in [6.07, 6.45) is 0.918. The first-order valence-electron chi connectivity index (χ1n) is 11.1. The number of phenols is 1. The Kier molecular flexibility index (Phi) is 8.82. The number of rotatable bonds is 11. The molecule has 1 amide bonds. The molecule has 2 aromatic carbocycles. The number of benzene rings is 2. The van der Waals surface area contributed by atoms with Gasteiger partial charge in [0.2, 0.25) is 6.41 Å². The van der Waals surface area contributed by atoms with Crippen molar-refractivity contribution in [1.29, 1.82) is 0 Å². The Balaban J connectivity index is 2.22. The van der Waals surface area contributed by atoms with E-state index in [1.54, 1.807) is 30.3 Å². The normalized spacial score (nSPS) is 13.9. The minimum atomic E-state index is -2.12. The smallest absolute Gasteiger partial charge is 0.335 e. The summed E-state index contributed by atoms with van der Waals surface area (Å²) in [7, 11) is -2.12. The highest BCUT2D eigenvalue weighted by atomic mass is 28.4. The van der Waals surface area contributed by atoms with Crippen molar-refractivity contribution in [3.8, 4) is 5.75 Å². The van der Waals surface area contributed by atoms with E-state index in [0.717, 1.165) is 11.1 Å². The Bertz CT molecular complexity index is 972. The number of anilines is 1. The van der Waals surface area contributed by atoms with Gasteiger partial charge in [0.25, 0.3) is 0 Å². The minimum Gasteiger partial charge on any atom is -0.506 e. The van der Waals surface area contributed by atoms with Crippen LogP contribution in [0.2, 0.25) is 18.1 Å². The van der Waals surface area contributed by atoms with Gasteiger partial charge in [-0.15, -0.1) is 0 Å². The molecule has 0 radical (unpaired) electrons. The summed E-state index contributed by atoms with van der Waals surface area (Å²) in [6, 6.07) is 12.1. The minimum absolute atomic E-state index is 0.00318. The third-order valence-corrected chi connectivity index (χ3v) is 10.7. The second-order valence-electron chi connectivity index (χ2n) is 9.92. The van der Waals surface area contributed by atoms with Crippen molar-refractivity contribution in [2.75, 3.05) is 11.9 Å². The lowest BCUT2D eigenvalue weighted by atomic mass is 10.0. The summed E-state index contributed by atoms with van der Waals surface area (Å²) >= 11 is 0. The van der Waals surface area contributed by atoms with Gasteiger partial charge >= 0.3 is 5.97 Å². The maximum Gasteiger partial charge on any atom is 0.335 e. The molecule has 0 saturated heterocycles. The summed E-state index contributed by atoms with van der Waals surface area (Å²) < 4.78 is 6.71. The molecular weight excluding hydrogens is 436 g/mol. The molecule has 7 nitrogen and oxygen atoms in total. The monoisotopic (exact) mass is 472 g/mol. The van der Waals surface area contributed by atoms with Crippen molar-refractivity contribution >= 4 is 26.4 Å². The highest BCUT2D eigenvalue weighted by molar-refractivity contribution is 6.74. The third kappa shape index (κ3) is 7.41. The Morgan fingerprint density at radius 2 is 1.88 bits per heavy atom. The molecule has 2 atom stereocenters. The molecule has 33 heavy (non-hydrogen) atoms. The van der Waals surface area contributed by atoms with Gasteiger partial charge in [-0.05, 0) is 66.9 Å². The van der Waals surface area contributed by atoms with E-state index < -0.39 is 14.3 Å². The predicted octanol–water partition coefficient (Wildman–Crippen LogP) is 4.94. The molecule has 0 spiro atoms. The summed E-state index contributed by atoms with van der Waals surface area (Å²) in [5, 5.41) is 25.3. The van der Waals surface area contributed by atoms with Gasteiger partial charge in [-0.2, -0.15) is 0 Å². The van der Waals surface area contributed by atoms with Crippen molar-refractivity contribution in [3.05, 3.63) is 59.2 Å². The number of carbonyl (C=O) groups excluding carboxylic acids is 1. The number of phenolic OH excluding ortho intramolecular Hbond substituents is 1. The number of aromatic hydroxyl groups is 1. The maximum absolute atomic E-state index is 11.2. The summed E-state index contributed by atoms with van der Waals surface area (Å²) in [6.45, 7) is 13.5. The second kappa shape index (κ2) is 11.0. The number of carboxylic acids is 1. The molecule has 2 unspecified atom stereocenters. The summed E-state index contributed by atoms with van der Waals surface area (Å²) in [4.78, 5) is 22.2. The van der Waals surface area contributed by atoms with Crippen molar-refractivity contribution in [1.82, 2.24) is 5.32 Å². The lowest BCUT2D eigenvalue weighted by Gasteiger charge is -2.40. The van der Waals surface area contributed by atoms with Crippen LogP contribution in [0, 0.1) is 0 Å². The quantitative estimate of drug-likeness (QED) is 0.210. The molecule has 0 bridgehead atoms. The molecule has 180 valence electrons. The van der Waals surface area contributed by atoms with Gasteiger partial charge in [-0.1, -0.05) is 39.0 Å². The van der Waals surface area contributed by atoms with Gasteiger partial charge in [0.15, 0.2) is 8.32 Å². The SMILES string of the molecule is CC(Cc1cccc(C(=O)O)c1)NCC(O[Si](C)(C)C(C)(C)C)c1ccc(O)c(NC=O)c1. The Morgan fingerprint density at radius 3 is 2.48 bits per heavy atom. The molecule has 2 rings (SSSR count). The zero-order valence-corrected chi connectivity index (χ0v) is 21.3. The Morgan fingerprint density at radius 1 is 1.18 bits per heavy atom. The fourth-order valence-corrected chi connectivity index (χ4v) is 4.54. The van der Waals surface area contributed by atoms with Crippen LogP contribution in [0.4, 0.5) is 5.69 Å². The van der Waals surface area contributed by atoms with Crippen LogP contribution in [0.15, 0.2) is 42.5 Å². The highest BCUT2D eigenvalue weighted by Gasteiger charge is 2.39. The molecule has 4 N–H and O–H groups in total. The van der Waals surface area contributed by atoms with Crippen LogP contribution in [0.5, 0.6) is 5.75 Å². The number of carbonyl (C=O) groups is 2. The summed E-state index contributed by atoms with van der Waals surface area (Å²) in [5.41, 5.74) is 2.41. The van der Waals surface area contributed by atoms with Crippen LogP contribution >= 0.6 is 0 Å². The van der Waals surface area contributed by atoms with Gasteiger partial charge < -0.3 is 25.3 Å². The molecule has 8 heteroatoms. The Hall–Kier alpha value is -2.68. The average molecular weight is 473 g/mol. The maximum atomic E-state index is 11.2. The van der Waals surface area contributed by atoms with E-state index in [1.165, 1.54) is 0 Å². The van der Waals surface area contributed by atoms with E-state index in [2.05, 4.69) is 44.5 Å². The van der Waals surface area contributed by atoms with Crippen molar-refractivity contribution in [3.63, 3.8) is 0 Å². The molecule has 0 aliphatic rings. The van der Waals surface area contributed by atoms with Crippen molar-refractivity contribution in [2.45, 2.75) is 64.4 Å². The van der Waals surface area contributed by atoms with Crippen molar-refractivity contribution in [2.24, 2.45) is 0 Å². The lowest BCUT2D eigenvalue weighted by Crippen LogP contribution is -2.44. The third-order valence-electron chi connectivity index (χ3n) is 6.22. The first-order valence-corrected chi connectivity index (χ1v) is 14.0. The molecule has 0 saturated carbocycles. The van der Waals surface area contributed by atoms with Crippen LogP contribution in [0.25, 0.3) is 0 Å². The fraction of sp³-hybridized carbons (Fsp3) is 0.440. The number of amides is 1. The summed E-state index contributed by atoms with van der Waals surface area (Å²) in [5.74, 6) is -0.941. The predicted molar refractivity (Wildman–Crippen MR) is 133 cm³/mol. The number of hydrogen-bond acceptors (Lipinski definition) is 5. The number of hydrogen-bond donors (Lipinski definition) is 4. The van der Waals surface area contributed by atoms with Crippen LogP contribution in [0.3, 0.4) is 0 Å². The van der Waals surface area contributed by atoms with Crippen molar-refractivity contribution < 1.29 is 24.2 Å². The number of aromatic carboxylic acids is 1. The van der Waals surface area contributed by atoms with Gasteiger partial charge in [0, 0.05) is 12.6 Å². The van der Waals surface area contributed by atoms with Gasteiger partial charge in [-0.25, -0.2) is 4.79 Å². The van der Waals surface area contributed by atoms with E-state index in [4.69, 9.17) is 4.43 Å². The number of nitrogens with one attached hydrogen (secondary N) is 2. The van der Waals surface area contributed by atoms with E-state index >= 15 is 0 Å². The second-order valence-corrected chi connectivity index (χ2v) is 14.7. The van der Waals surface area contributed by atoms with Crippen LogP contribution in [0.1, 0.15) is 55.3 Å². The standard InChI is InChI=1S/C25H36N2O5Si/c1-17(12-18-8-7-9-20(13-18)24(30)31)26-15-23(32-33(5,6)25(2,3)4)19-10-11-22(29)21(14-19)27-16-28/h7-11,13-14,16-17,23,26,29H,12,15H2,1-6H3,(H,27,28)(H,30,31). The lowest BCUT2D eigenvalue weighted by molar-refractivity contribution is -0.105. The van der Waals surface area contributed by atoms with Gasteiger partial charge in [-0.3, -0.25) is 4.79 Å². The first-order chi connectivity index (χ1) is 15.3. The molecule has 0 fully saturated rings. The van der Waals surface area contributed by atoms with E-state index in [1.807, 2.05) is 19.1 Å². The Labute approximate surface area is 197 Å². The van der Waals surface area contributed by atoms with E-state index in [0.29, 0.717) is 25.1 Å². The molecule has 2 aromatic rings. The van der Waals surface area contributed by atoms with E-state index in [-0.39, 0.29) is 28.5 Å². The zero-order chi connectivity index (χ0) is 24.8. The van der Waals surface area contributed by atoms with Crippen LogP contribution < -0.4 is 10.6 Å². The average Bonchev–Trinajstić information content (AvgIpc) is 2.72. The van der Waals surface area contributed by atoms with Crippen LogP contribution in [-0.2, 0) is 15.6 Å². The first kappa shape index (κ1) is 26.6. The molecule has 0 aliphatic carbocycles. The number of carboxylic acid groups (broad SMARTS) is 1. The zero-order valence-electron chi connectivity index (χ0n) is 20.3.